The average Bonchev–Trinajstić information content (AvgIpc) is 2.32. The van der Waals surface area contributed by atoms with Crippen molar-refractivity contribution in [1.29, 1.82) is 5.41 Å². The summed E-state index contributed by atoms with van der Waals surface area (Å²) in [6.07, 6.45) is 2.00. The van der Waals surface area contributed by atoms with Crippen LogP contribution in [0.15, 0.2) is 12.1 Å². The van der Waals surface area contributed by atoms with Crippen molar-refractivity contribution in [2.45, 2.75) is 32.7 Å². The first-order valence-electron chi connectivity index (χ1n) is 6.50. The Morgan fingerprint density at radius 1 is 1.26 bits per heavy atom. The number of anilines is 1. The van der Waals surface area contributed by atoms with Crippen LogP contribution in [-0.2, 0) is 0 Å². The zero-order valence-corrected chi connectivity index (χ0v) is 11.2. The predicted molar refractivity (Wildman–Crippen MR) is 72.6 cm³/mol. The van der Waals surface area contributed by atoms with E-state index in [-0.39, 0.29) is 23.1 Å². The lowest BCUT2D eigenvalue weighted by Crippen LogP contribution is -2.42. The summed E-state index contributed by atoms with van der Waals surface area (Å²) in [5, 5.41) is 7.25. The van der Waals surface area contributed by atoms with E-state index in [0.29, 0.717) is 12.5 Å². The molecule has 0 radical (unpaired) electrons. The Hall–Kier alpha value is -1.65. The Bertz CT molecular complexity index is 478. The maximum atomic E-state index is 14.1. The van der Waals surface area contributed by atoms with Crippen LogP contribution in [0.4, 0.5) is 14.5 Å². The third-order valence-electron chi connectivity index (χ3n) is 3.73. The maximum Gasteiger partial charge on any atom is 0.150 e. The van der Waals surface area contributed by atoms with E-state index in [1.807, 2.05) is 6.92 Å². The molecule has 2 unspecified atom stereocenters. The zero-order chi connectivity index (χ0) is 14.2. The molecule has 2 rings (SSSR count). The number of nitrogens with one attached hydrogen (secondary N) is 1. The molecule has 0 amide bonds. The molecule has 1 aliphatic rings. The van der Waals surface area contributed by atoms with E-state index in [1.54, 1.807) is 4.90 Å². The molecule has 2 atom stereocenters. The highest BCUT2D eigenvalue weighted by atomic mass is 19.1. The molecule has 3 N–H and O–H groups in total. The fourth-order valence-corrected chi connectivity index (χ4v) is 2.60. The minimum Gasteiger partial charge on any atom is -0.384 e. The Kier molecular flexibility index (Phi) is 3.73. The van der Waals surface area contributed by atoms with Crippen LogP contribution in [0.1, 0.15) is 32.3 Å². The van der Waals surface area contributed by atoms with Gasteiger partial charge in [0, 0.05) is 18.2 Å². The van der Waals surface area contributed by atoms with Crippen molar-refractivity contribution in [1.82, 2.24) is 0 Å². The summed E-state index contributed by atoms with van der Waals surface area (Å²) in [4.78, 5) is 1.78. The number of rotatable bonds is 2. The number of halogens is 2. The van der Waals surface area contributed by atoms with E-state index in [0.717, 1.165) is 25.0 Å². The minimum atomic E-state index is -0.647. The van der Waals surface area contributed by atoms with Gasteiger partial charge in [0.05, 0.1) is 0 Å². The summed E-state index contributed by atoms with van der Waals surface area (Å²) in [5.41, 5.74) is 5.35. The number of nitrogens with two attached hydrogens (primary N) is 1. The Morgan fingerprint density at radius 2 is 1.84 bits per heavy atom. The van der Waals surface area contributed by atoms with Crippen molar-refractivity contribution in [2.24, 2.45) is 11.7 Å². The summed E-state index contributed by atoms with van der Waals surface area (Å²) in [5.74, 6) is -1.20. The van der Waals surface area contributed by atoms with Gasteiger partial charge in [-0.05, 0) is 37.8 Å². The van der Waals surface area contributed by atoms with Crippen LogP contribution in [0.2, 0.25) is 0 Å². The minimum absolute atomic E-state index is 0.00375. The summed E-state index contributed by atoms with van der Waals surface area (Å²) in [7, 11) is 0. The first kappa shape index (κ1) is 13.8. The van der Waals surface area contributed by atoms with Gasteiger partial charge in [-0.15, -0.1) is 0 Å². The number of hydrogen-bond acceptors (Lipinski definition) is 2. The Labute approximate surface area is 111 Å². The Balaban J connectivity index is 2.41. The molecule has 1 heterocycles. The van der Waals surface area contributed by atoms with Gasteiger partial charge in [-0.2, -0.15) is 0 Å². The van der Waals surface area contributed by atoms with Gasteiger partial charge >= 0.3 is 0 Å². The molecule has 104 valence electrons. The van der Waals surface area contributed by atoms with E-state index < -0.39 is 11.6 Å². The van der Waals surface area contributed by atoms with Gasteiger partial charge < -0.3 is 10.6 Å². The fourth-order valence-electron chi connectivity index (χ4n) is 2.60. The number of benzene rings is 1. The smallest absolute Gasteiger partial charge is 0.150 e. The van der Waals surface area contributed by atoms with E-state index in [9.17, 15) is 8.78 Å². The van der Waals surface area contributed by atoms with Crippen molar-refractivity contribution in [3.63, 3.8) is 0 Å². The van der Waals surface area contributed by atoms with Gasteiger partial charge in [0.2, 0.25) is 0 Å². The summed E-state index contributed by atoms with van der Waals surface area (Å²) in [6.45, 7) is 4.71. The lowest BCUT2D eigenvalue weighted by atomic mass is 9.94. The van der Waals surface area contributed by atoms with Crippen LogP contribution in [0.5, 0.6) is 0 Å². The number of hydrogen-bond donors (Lipinski definition) is 2. The van der Waals surface area contributed by atoms with Crippen molar-refractivity contribution in [2.75, 3.05) is 11.4 Å². The van der Waals surface area contributed by atoms with Crippen LogP contribution in [0.3, 0.4) is 0 Å². The van der Waals surface area contributed by atoms with Gasteiger partial charge in [-0.3, -0.25) is 5.41 Å². The molecule has 0 bridgehead atoms. The molecular formula is C14H19F2N3. The van der Waals surface area contributed by atoms with Crippen molar-refractivity contribution < 1.29 is 8.78 Å². The number of nitrogen functional groups attached to an aromatic ring is 1. The molecule has 1 aromatic carbocycles. The SMILES string of the molecule is CC1CCC(C)N(c2c(F)cc(C(=N)N)cc2F)C1. The lowest BCUT2D eigenvalue weighted by molar-refractivity contribution is 0.382. The van der Waals surface area contributed by atoms with Gasteiger partial charge in [0.25, 0.3) is 0 Å². The normalized spacial score (nSPS) is 23.5. The third kappa shape index (κ3) is 2.69. The second-order valence-corrected chi connectivity index (χ2v) is 5.39. The van der Waals surface area contributed by atoms with Crippen molar-refractivity contribution in [3.05, 3.63) is 29.3 Å². The summed E-state index contributed by atoms with van der Waals surface area (Å²) >= 11 is 0. The van der Waals surface area contributed by atoms with E-state index in [1.165, 1.54) is 0 Å². The fraction of sp³-hybridized carbons (Fsp3) is 0.500. The molecule has 0 aliphatic carbocycles. The zero-order valence-electron chi connectivity index (χ0n) is 11.2. The van der Waals surface area contributed by atoms with Gasteiger partial charge in [0.1, 0.15) is 23.2 Å². The van der Waals surface area contributed by atoms with Crippen LogP contribution in [0, 0.1) is 23.0 Å². The van der Waals surface area contributed by atoms with Crippen molar-refractivity contribution >= 4 is 11.5 Å². The largest absolute Gasteiger partial charge is 0.384 e. The molecule has 5 heteroatoms. The standard InChI is InChI=1S/C14H19F2N3/c1-8-3-4-9(2)19(7-8)13-11(15)5-10(14(17)18)6-12(13)16/h5-6,8-9H,3-4,7H2,1-2H3,(H3,17,18). The van der Waals surface area contributed by atoms with Gasteiger partial charge in [-0.25, -0.2) is 8.78 Å². The molecule has 1 aliphatic heterocycles. The van der Waals surface area contributed by atoms with Crippen LogP contribution in [-0.4, -0.2) is 18.4 Å². The molecular weight excluding hydrogens is 248 g/mol. The third-order valence-corrected chi connectivity index (χ3v) is 3.73. The molecule has 0 aromatic heterocycles. The molecule has 1 fully saturated rings. The van der Waals surface area contributed by atoms with E-state index >= 15 is 0 Å². The lowest BCUT2D eigenvalue weighted by Gasteiger charge is -2.38. The van der Waals surface area contributed by atoms with Gasteiger partial charge in [0.15, 0.2) is 0 Å². The number of amidine groups is 1. The van der Waals surface area contributed by atoms with Crippen LogP contribution in [0.25, 0.3) is 0 Å². The first-order chi connectivity index (χ1) is 8.90. The number of piperidine rings is 1. The first-order valence-corrected chi connectivity index (χ1v) is 6.50. The number of nitrogens with zero attached hydrogens (tertiary/aromatic N) is 1. The Morgan fingerprint density at radius 3 is 2.37 bits per heavy atom. The quantitative estimate of drug-likeness (QED) is 0.639. The highest BCUT2D eigenvalue weighted by Crippen LogP contribution is 2.32. The highest BCUT2D eigenvalue weighted by Gasteiger charge is 2.27. The predicted octanol–water partition coefficient (Wildman–Crippen LogP) is 2.87. The molecule has 0 spiro atoms. The van der Waals surface area contributed by atoms with E-state index in [4.69, 9.17) is 11.1 Å². The van der Waals surface area contributed by atoms with Crippen LogP contribution >= 0.6 is 0 Å². The maximum absolute atomic E-state index is 14.1. The van der Waals surface area contributed by atoms with E-state index in [2.05, 4.69) is 6.92 Å². The molecule has 3 nitrogen and oxygen atoms in total. The molecule has 1 saturated heterocycles. The second-order valence-electron chi connectivity index (χ2n) is 5.39. The molecule has 19 heavy (non-hydrogen) atoms. The second kappa shape index (κ2) is 5.15. The molecule has 0 saturated carbocycles. The highest BCUT2D eigenvalue weighted by molar-refractivity contribution is 5.95. The van der Waals surface area contributed by atoms with Gasteiger partial charge in [-0.1, -0.05) is 6.92 Å². The topological polar surface area (TPSA) is 53.1 Å². The average molecular weight is 267 g/mol. The van der Waals surface area contributed by atoms with Crippen LogP contribution < -0.4 is 10.6 Å². The molecule has 1 aromatic rings. The summed E-state index contributed by atoms with van der Waals surface area (Å²) < 4.78 is 28.2. The van der Waals surface area contributed by atoms with Crippen molar-refractivity contribution in [3.8, 4) is 0 Å². The summed E-state index contributed by atoms with van der Waals surface area (Å²) in [6, 6.07) is 2.38. The monoisotopic (exact) mass is 267 g/mol.